The van der Waals surface area contributed by atoms with Gasteiger partial charge in [-0.05, 0) is 36.1 Å². The average molecular weight is 270 g/mol. The van der Waals surface area contributed by atoms with Gasteiger partial charge in [0.1, 0.15) is 5.69 Å². The molecule has 3 aromatic rings. The second kappa shape index (κ2) is 4.55. The first-order chi connectivity index (χ1) is 9.16. The molecule has 0 atom stereocenters. The van der Waals surface area contributed by atoms with E-state index in [1.807, 2.05) is 48.0 Å². The van der Waals surface area contributed by atoms with Crippen LogP contribution in [0.4, 0.5) is 5.69 Å². The second-order valence-corrected chi connectivity index (χ2v) is 5.45. The summed E-state index contributed by atoms with van der Waals surface area (Å²) in [6.07, 6.45) is 0. The normalized spacial score (nSPS) is 10.8. The lowest BCUT2D eigenvalue weighted by Gasteiger charge is -2.06. The number of fused-ring (bicyclic) bond motifs is 1. The Morgan fingerprint density at radius 2 is 2.00 bits per heavy atom. The van der Waals surface area contributed by atoms with Crippen LogP contribution in [0.25, 0.3) is 10.2 Å². The van der Waals surface area contributed by atoms with Crippen LogP contribution < -0.4 is 5.32 Å². The minimum absolute atomic E-state index is 0.0727. The van der Waals surface area contributed by atoms with Crippen LogP contribution in [-0.2, 0) is 7.05 Å². The number of hydrogen-bond acceptors (Lipinski definition) is 2. The van der Waals surface area contributed by atoms with E-state index in [-0.39, 0.29) is 5.91 Å². The molecule has 0 radical (unpaired) electrons. The van der Waals surface area contributed by atoms with Crippen molar-refractivity contribution in [1.29, 1.82) is 0 Å². The van der Waals surface area contributed by atoms with Gasteiger partial charge in [0.05, 0.1) is 10.2 Å². The number of amides is 1. The van der Waals surface area contributed by atoms with Crippen molar-refractivity contribution in [2.24, 2.45) is 7.05 Å². The first-order valence-corrected chi connectivity index (χ1v) is 6.94. The number of hydrogen-bond donors (Lipinski definition) is 1. The van der Waals surface area contributed by atoms with Crippen LogP contribution in [0, 0.1) is 6.92 Å². The van der Waals surface area contributed by atoms with Crippen LogP contribution in [0.15, 0.2) is 41.8 Å². The highest BCUT2D eigenvalue weighted by molar-refractivity contribution is 7.17. The molecule has 0 bridgehead atoms. The Labute approximate surface area is 115 Å². The lowest BCUT2D eigenvalue weighted by atomic mass is 10.3. The molecule has 0 aliphatic heterocycles. The van der Waals surface area contributed by atoms with E-state index in [1.165, 1.54) is 5.56 Å². The molecule has 0 aliphatic rings. The van der Waals surface area contributed by atoms with Crippen LogP contribution in [0.2, 0.25) is 0 Å². The van der Waals surface area contributed by atoms with Crippen molar-refractivity contribution in [3.05, 3.63) is 53.0 Å². The maximum absolute atomic E-state index is 12.3. The van der Waals surface area contributed by atoms with Crippen molar-refractivity contribution in [2.75, 3.05) is 5.32 Å². The van der Waals surface area contributed by atoms with Crippen LogP contribution >= 0.6 is 11.3 Å². The molecular weight excluding hydrogens is 256 g/mol. The van der Waals surface area contributed by atoms with E-state index in [2.05, 4.69) is 17.6 Å². The second-order valence-electron chi connectivity index (χ2n) is 4.54. The summed E-state index contributed by atoms with van der Waals surface area (Å²) in [5.41, 5.74) is 3.85. The topological polar surface area (TPSA) is 34.0 Å². The average Bonchev–Trinajstić information content (AvgIpc) is 2.93. The quantitative estimate of drug-likeness (QED) is 0.755. The summed E-state index contributed by atoms with van der Waals surface area (Å²) in [7, 11) is 1.93. The largest absolute Gasteiger partial charge is 0.339 e. The molecule has 4 heteroatoms. The van der Waals surface area contributed by atoms with Crippen LogP contribution in [0.3, 0.4) is 0 Å². The zero-order valence-electron chi connectivity index (χ0n) is 10.8. The molecule has 0 saturated heterocycles. The predicted molar refractivity (Wildman–Crippen MR) is 79.9 cm³/mol. The van der Waals surface area contributed by atoms with E-state index in [0.717, 1.165) is 15.9 Å². The highest BCUT2D eigenvalue weighted by Crippen LogP contribution is 2.28. The Morgan fingerprint density at radius 3 is 2.68 bits per heavy atom. The molecule has 3 nitrogen and oxygen atoms in total. The molecule has 0 spiro atoms. The van der Waals surface area contributed by atoms with Gasteiger partial charge in [-0.3, -0.25) is 4.79 Å². The maximum Gasteiger partial charge on any atom is 0.272 e. The minimum atomic E-state index is -0.0727. The van der Waals surface area contributed by atoms with Crippen molar-refractivity contribution in [1.82, 2.24) is 4.57 Å². The van der Waals surface area contributed by atoms with Gasteiger partial charge in [-0.15, -0.1) is 11.3 Å². The molecular formula is C15H14N2OS. The molecule has 1 amide bonds. The van der Waals surface area contributed by atoms with Gasteiger partial charge in [0.15, 0.2) is 0 Å². The van der Waals surface area contributed by atoms with Gasteiger partial charge in [-0.2, -0.15) is 0 Å². The minimum Gasteiger partial charge on any atom is -0.339 e. The SMILES string of the molecule is Cc1csc2cc(C(=O)Nc3ccccc3)n(C)c12. The molecule has 19 heavy (non-hydrogen) atoms. The molecule has 3 rings (SSSR count). The number of benzene rings is 1. The fourth-order valence-electron chi connectivity index (χ4n) is 2.27. The summed E-state index contributed by atoms with van der Waals surface area (Å²) in [6, 6.07) is 11.5. The van der Waals surface area contributed by atoms with E-state index in [1.54, 1.807) is 11.3 Å². The first kappa shape index (κ1) is 12.0. The molecule has 0 saturated carbocycles. The van der Waals surface area contributed by atoms with Crippen molar-refractivity contribution in [2.45, 2.75) is 6.92 Å². The Morgan fingerprint density at radius 1 is 1.26 bits per heavy atom. The fourth-order valence-corrected chi connectivity index (χ4v) is 3.27. The van der Waals surface area contributed by atoms with Crippen molar-refractivity contribution in [3.8, 4) is 0 Å². The number of carbonyl (C=O) groups is 1. The Balaban J connectivity index is 1.96. The molecule has 1 N–H and O–H groups in total. The Bertz CT molecular complexity index is 740. The molecule has 0 fully saturated rings. The van der Waals surface area contributed by atoms with E-state index in [0.29, 0.717) is 5.69 Å². The number of carbonyl (C=O) groups excluding carboxylic acids is 1. The number of thiophene rings is 1. The summed E-state index contributed by atoms with van der Waals surface area (Å²) in [5.74, 6) is -0.0727. The zero-order chi connectivity index (χ0) is 13.4. The summed E-state index contributed by atoms with van der Waals surface area (Å²) < 4.78 is 3.11. The zero-order valence-corrected chi connectivity index (χ0v) is 11.6. The lowest BCUT2D eigenvalue weighted by Crippen LogP contribution is -2.15. The summed E-state index contributed by atoms with van der Waals surface area (Å²) in [4.78, 5) is 12.3. The highest BCUT2D eigenvalue weighted by Gasteiger charge is 2.15. The fraction of sp³-hybridized carbons (Fsp3) is 0.133. The number of aryl methyl sites for hydroxylation is 2. The number of para-hydroxylation sites is 1. The lowest BCUT2D eigenvalue weighted by molar-refractivity contribution is 0.102. The number of anilines is 1. The first-order valence-electron chi connectivity index (χ1n) is 6.07. The van der Waals surface area contributed by atoms with Crippen LogP contribution in [-0.4, -0.2) is 10.5 Å². The predicted octanol–water partition coefficient (Wildman–Crippen LogP) is 3.80. The van der Waals surface area contributed by atoms with Gasteiger partial charge in [-0.1, -0.05) is 18.2 Å². The van der Waals surface area contributed by atoms with Crippen molar-refractivity contribution in [3.63, 3.8) is 0 Å². The summed E-state index contributed by atoms with van der Waals surface area (Å²) in [6.45, 7) is 2.07. The molecule has 2 aromatic heterocycles. The highest BCUT2D eigenvalue weighted by atomic mass is 32.1. The van der Waals surface area contributed by atoms with E-state index >= 15 is 0 Å². The molecule has 0 aliphatic carbocycles. The number of rotatable bonds is 2. The monoisotopic (exact) mass is 270 g/mol. The molecule has 2 heterocycles. The summed E-state index contributed by atoms with van der Waals surface area (Å²) in [5, 5.41) is 5.03. The summed E-state index contributed by atoms with van der Waals surface area (Å²) >= 11 is 1.67. The smallest absolute Gasteiger partial charge is 0.272 e. The Kier molecular flexibility index (Phi) is 2.87. The van der Waals surface area contributed by atoms with Crippen molar-refractivity contribution >= 4 is 33.1 Å². The van der Waals surface area contributed by atoms with Gasteiger partial charge in [0, 0.05) is 12.7 Å². The van der Waals surface area contributed by atoms with E-state index in [4.69, 9.17) is 0 Å². The van der Waals surface area contributed by atoms with Crippen LogP contribution in [0.1, 0.15) is 16.1 Å². The van der Waals surface area contributed by atoms with Crippen LogP contribution in [0.5, 0.6) is 0 Å². The molecule has 96 valence electrons. The standard InChI is InChI=1S/C15H14N2OS/c1-10-9-19-13-8-12(17(2)14(10)13)15(18)16-11-6-4-3-5-7-11/h3-9H,1-2H3,(H,16,18). The third-order valence-corrected chi connectivity index (χ3v) is 4.23. The number of aromatic nitrogens is 1. The van der Waals surface area contributed by atoms with Gasteiger partial charge in [-0.25, -0.2) is 0 Å². The molecule has 0 unspecified atom stereocenters. The third-order valence-electron chi connectivity index (χ3n) is 3.20. The molecule has 1 aromatic carbocycles. The van der Waals surface area contributed by atoms with E-state index < -0.39 is 0 Å². The van der Waals surface area contributed by atoms with Crippen molar-refractivity contribution < 1.29 is 4.79 Å². The third kappa shape index (κ3) is 2.04. The van der Waals surface area contributed by atoms with Gasteiger partial charge in [0.25, 0.3) is 5.91 Å². The Hall–Kier alpha value is -2.07. The number of nitrogens with one attached hydrogen (secondary N) is 1. The van der Waals surface area contributed by atoms with Gasteiger partial charge in [0.2, 0.25) is 0 Å². The van der Waals surface area contributed by atoms with Gasteiger partial charge < -0.3 is 9.88 Å². The van der Waals surface area contributed by atoms with E-state index in [9.17, 15) is 4.79 Å². The maximum atomic E-state index is 12.3. The van der Waals surface area contributed by atoms with Gasteiger partial charge >= 0.3 is 0 Å². The number of nitrogens with zero attached hydrogens (tertiary/aromatic N) is 1.